The molecule has 114 valence electrons. The van der Waals surface area contributed by atoms with E-state index in [0.717, 1.165) is 35.0 Å². The van der Waals surface area contributed by atoms with Crippen LogP contribution in [0.4, 0.5) is 0 Å². The summed E-state index contributed by atoms with van der Waals surface area (Å²) in [5, 5.41) is 0. The molecule has 4 rings (SSSR count). The molecule has 4 aliphatic rings. The van der Waals surface area contributed by atoms with Gasteiger partial charge in [-0.1, -0.05) is 13.3 Å². The number of hydrogen-bond acceptors (Lipinski definition) is 1. The van der Waals surface area contributed by atoms with Gasteiger partial charge in [0.25, 0.3) is 0 Å². The maximum Gasteiger partial charge on any atom is 0.0574 e. The topological polar surface area (TPSA) is 9.23 Å². The smallest absolute Gasteiger partial charge is 0.0574 e. The van der Waals surface area contributed by atoms with Crippen LogP contribution >= 0.6 is 0 Å². The van der Waals surface area contributed by atoms with E-state index >= 15 is 0 Å². The first-order valence-electron chi connectivity index (χ1n) is 9.24. The lowest BCUT2D eigenvalue weighted by Gasteiger charge is -2.55. The Balaban J connectivity index is 1.52. The minimum atomic E-state index is 0.577. The molecule has 0 bridgehead atoms. The van der Waals surface area contributed by atoms with Crippen LogP contribution in [0.15, 0.2) is 0 Å². The first kappa shape index (κ1) is 13.6. The van der Waals surface area contributed by atoms with Gasteiger partial charge in [-0.3, -0.25) is 0 Å². The average Bonchev–Trinajstić information content (AvgIpc) is 2.88. The molecular formula is C19H32O. The highest BCUT2D eigenvalue weighted by molar-refractivity contribution is 5.03. The van der Waals surface area contributed by atoms with E-state index in [4.69, 9.17) is 4.74 Å². The van der Waals surface area contributed by atoms with Crippen LogP contribution in [0, 0.1) is 35.0 Å². The lowest BCUT2D eigenvalue weighted by molar-refractivity contribution is -0.0737. The van der Waals surface area contributed by atoms with E-state index in [1.807, 2.05) is 7.11 Å². The van der Waals surface area contributed by atoms with Crippen molar-refractivity contribution in [1.29, 1.82) is 0 Å². The molecular weight excluding hydrogens is 244 g/mol. The number of rotatable bonds is 1. The number of hydrogen-bond donors (Lipinski definition) is 0. The molecule has 1 nitrogen and oxygen atoms in total. The van der Waals surface area contributed by atoms with Crippen molar-refractivity contribution in [3.05, 3.63) is 0 Å². The van der Waals surface area contributed by atoms with E-state index < -0.39 is 0 Å². The van der Waals surface area contributed by atoms with Crippen molar-refractivity contribution in [3.63, 3.8) is 0 Å². The zero-order chi connectivity index (χ0) is 13.7. The standard InChI is InChI=1S/C19H32O/c1-19-10-3-4-18(19)17-7-5-13-12-14(20-2)6-8-15(13)16(17)9-11-19/h13-18H,3-12H2,1-2H3. The van der Waals surface area contributed by atoms with Gasteiger partial charge in [-0.2, -0.15) is 0 Å². The van der Waals surface area contributed by atoms with Gasteiger partial charge in [0, 0.05) is 7.11 Å². The third-order valence-corrected chi connectivity index (χ3v) is 8.02. The maximum absolute atomic E-state index is 5.66. The number of methoxy groups -OCH3 is 1. The van der Waals surface area contributed by atoms with E-state index in [0.29, 0.717) is 6.10 Å². The second-order valence-corrected chi connectivity index (χ2v) is 8.69. The molecule has 4 aliphatic carbocycles. The molecule has 1 heteroatoms. The molecule has 0 radical (unpaired) electrons. The van der Waals surface area contributed by atoms with Crippen molar-refractivity contribution in [3.8, 4) is 0 Å². The van der Waals surface area contributed by atoms with Crippen LogP contribution in [0.2, 0.25) is 0 Å². The SMILES string of the molecule is COC1CCC2C(CCC3C2CCC2(C)CCCC32)C1. The third-order valence-electron chi connectivity index (χ3n) is 8.02. The van der Waals surface area contributed by atoms with E-state index in [9.17, 15) is 0 Å². The van der Waals surface area contributed by atoms with Crippen LogP contribution in [-0.2, 0) is 4.74 Å². The molecule has 0 amide bonds. The second-order valence-electron chi connectivity index (χ2n) is 8.69. The Kier molecular flexibility index (Phi) is 3.41. The van der Waals surface area contributed by atoms with Crippen molar-refractivity contribution in [2.24, 2.45) is 35.0 Å². The van der Waals surface area contributed by atoms with Crippen LogP contribution in [0.1, 0.15) is 71.1 Å². The maximum atomic E-state index is 5.66. The van der Waals surface area contributed by atoms with Gasteiger partial charge in [0.2, 0.25) is 0 Å². The Morgan fingerprint density at radius 3 is 2.55 bits per heavy atom. The number of ether oxygens (including phenoxy) is 1. The van der Waals surface area contributed by atoms with E-state index in [2.05, 4.69) is 6.92 Å². The van der Waals surface area contributed by atoms with Gasteiger partial charge in [-0.25, -0.2) is 0 Å². The summed E-state index contributed by atoms with van der Waals surface area (Å²) in [6.45, 7) is 2.62. The van der Waals surface area contributed by atoms with Crippen LogP contribution in [0.25, 0.3) is 0 Å². The minimum absolute atomic E-state index is 0.577. The fourth-order valence-corrected chi connectivity index (χ4v) is 7.02. The zero-order valence-corrected chi connectivity index (χ0v) is 13.4. The largest absolute Gasteiger partial charge is 0.381 e. The quantitative estimate of drug-likeness (QED) is 0.651. The lowest BCUT2D eigenvalue weighted by atomic mass is 9.50. The number of fused-ring (bicyclic) bond motifs is 5. The fourth-order valence-electron chi connectivity index (χ4n) is 7.02. The average molecular weight is 276 g/mol. The highest BCUT2D eigenvalue weighted by atomic mass is 16.5. The molecule has 0 aromatic rings. The van der Waals surface area contributed by atoms with Crippen LogP contribution in [0.3, 0.4) is 0 Å². The van der Waals surface area contributed by atoms with Crippen molar-refractivity contribution in [1.82, 2.24) is 0 Å². The molecule has 0 aromatic heterocycles. The van der Waals surface area contributed by atoms with Crippen LogP contribution < -0.4 is 0 Å². The summed E-state index contributed by atoms with van der Waals surface area (Å²) < 4.78 is 5.66. The molecule has 0 aliphatic heterocycles. The summed E-state index contributed by atoms with van der Waals surface area (Å²) in [7, 11) is 1.92. The Hall–Kier alpha value is -0.0400. The summed E-state index contributed by atoms with van der Waals surface area (Å²) in [6, 6.07) is 0. The Labute approximate surface area is 124 Å². The van der Waals surface area contributed by atoms with Crippen LogP contribution in [0.5, 0.6) is 0 Å². The highest BCUT2D eigenvalue weighted by Crippen LogP contribution is 2.62. The Morgan fingerprint density at radius 2 is 1.70 bits per heavy atom. The highest BCUT2D eigenvalue weighted by Gasteiger charge is 2.53. The van der Waals surface area contributed by atoms with Gasteiger partial charge in [0.05, 0.1) is 6.10 Å². The van der Waals surface area contributed by atoms with Gasteiger partial charge < -0.3 is 4.74 Å². The molecule has 0 N–H and O–H groups in total. The molecule has 0 spiro atoms. The first-order chi connectivity index (χ1) is 9.71. The second kappa shape index (κ2) is 5.00. The van der Waals surface area contributed by atoms with E-state index in [1.54, 1.807) is 19.3 Å². The summed E-state index contributed by atoms with van der Waals surface area (Å²) in [5.41, 5.74) is 0.734. The van der Waals surface area contributed by atoms with Gasteiger partial charge in [0.15, 0.2) is 0 Å². The normalized spacial score (nSPS) is 54.9. The first-order valence-corrected chi connectivity index (χ1v) is 9.24. The van der Waals surface area contributed by atoms with Crippen molar-refractivity contribution >= 4 is 0 Å². The molecule has 0 saturated heterocycles. The van der Waals surface area contributed by atoms with Crippen molar-refractivity contribution < 1.29 is 4.74 Å². The molecule has 4 saturated carbocycles. The van der Waals surface area contributed by atoms with Crippen molar-refractivity contribution in [2.75, 3.05) is 7.11 Å². The minimum Gasteiger partial charge on any atom is -0.381 e. The van der Waals surface area contributed by atoms with Gasteiger partial charge in [-0.05, 0) is 92.8 Å². The van der Waals surface area contributed by atoms with E-state index in [-0.39, 0.29) is 0 Å². The molecule has 7 atom stereocenters. The summed E-state index contributed by atoms with van der Waals surface area (Å²) >= 11 is 0. The summed E-state index contributed by atoms with van der Waals surface area (Å²) in [6.07, 6.45) is 15.5. The van der Waals surface area contributed by atoms with E-state index in [1.165, 1.54) is 44.9 Å². The fraction of sp³-hybridized carbons (Fsp3) is 1.00. The third kappa shape index (κ3) is 1.99. The van der Waals surface area contributed by atoms with Crippen LogP contribution in [-0.4, -0.2) is 13.2 Å². The zero-order valence-electron chi connectivity index (χ0n) is 13.4. The summed E-state index contributed by atoms with van der Waals surface area (Å²) in [5.74, 6) is 5.33. The monoisotopic (exact) mass is 276 g/mol. The molecule has 20 heavy (non-hydrogen) atoms. The Morgan fingerprint density at radius 1 is 0.850 bits per heavy atom. The van der Waals surface area contributed by atoms with Gasteiger partial charge in [-0.15, -0.1) is 0 Å². The predicted molar refractivity (Wildman–Crippen MR) is 82.5 cm³/mol. The lowest BCUT2D eigenvalue weighted by Crippen LogP contribution is -2.47. The Bertz CT molecular complexity index is 365. The summed E-state index contributed by atoms with van der Waals surface area (Å²) in [4.78, 5) is 0. The molecule has 7 unspecified atom stereocenters. The van der Waals surface area contributed by atoms with Gasteiger partial charge in [0.1, 0.15) is 0 Å². The van der Waals surface area contributed by atoms with Gasteiger partial charge >= 0.3 is 0 Å². The molecule has 0 heterocycles. The van der Waals surface area contributed by atoms with Crippen molar-refractivity contribution in [2.45, 2.75) is 77.2 Å². The molecule has 4 fully saturated rings. The molecule has 0 aromatic carbocycles. The predicted octanol–water partition coefficient (Wildman–Crippen LogP) is 5.04.